The average molecular weight is 164 g/mol. The Morgan fingerprint density at radius 3 is 2.83 bits per heavy atom. The van der Waals surface area contributed by atoms with Crippen LogP contribution in [0.1, 0.15) is 24.0 Å². The highest BCUT2D eigenvalue weighted by atomic mass is 16.1. The van der Waals surface area contributed by atoms with Crippen LogP contribution in [0.25, 0.3) is 0 Å². The third-order valence-corrected chi connectivity index (χ3v) is 1.53. The lowest BCUT2D eigenvalue weighted by molar-refractivity contribution is 0.0980. The number of rotatable bonds is 3. The van der Waals surface area contributed by atoms with E-state index in [2.05, 4.69) is 11.6 Å². The molecule has 0 N–H and O–H groups in total. The van der Waals surface area contributed by atoms with Crippen molar-refractivity contribution in [3.63, 3.8) is 0 Å². The number of hydrogen-bond acceptors (Lipinski definition) is 2. The van der Waals surface area contributed by atoms with Gasteiger partial charge in [-0.1, -0.05) is 12.2 Å². The molecule has 3 nitrogen and oxygen atoms in total. The zero-order chi connectivity index (χ0) is 9.14. The van der Waals surface area contributed by atoms with E-state index in [0.717, 1.165) is 5.57 Å². The first kappa shape index (κ1) is 8.71. The van der Waals surface area contributed by atoms with Gasteiger partial charge in [0.15, 0.2) is 5.82 Å². The minimum atomic E-state index is 0.0231. The predicted octanol–water partition coefficient (Wildman–Crippen LogP) is 1.57. The monoisotopic (exact) mass is 164 g/mol. The van der Waals surface area contributed by atoms with Crippen molar-refractivity contribution < 1.29 is 4.79 Å². The van der Waals surface area contributed by atoms with Crippen molar-refractivity contribution in [2.75, 3.05) is 0 Å². The van der Waals surface area contributed by atoms with Gasteiger partial charge in [-0.25, -0.2) is 4.98 Å². The van der Waals surface area contributed by atoms with Crippen molar-refractivity contribution in [1.29, 1.82) is 0 Å². The van der Waals surface area contributed by atoms with Gasteiger partial charge in [-0.05, 0) is 6.92 Å². The Labute approximate surface area is 71.7 Å². The molecule has 0 radical (unpaired) electrons. The summed E-state index contributed by atoms with van der Waals surface area (Å²) in [5, 5.41) is 0. The van der Waals surface area contributed by atoms with Crippen LogP contribution in [0.5, 0.6) is 0 Å². The minimum Gasteiger partial charge on any atom is -0.332 e. The van der Waals surface area contributed by atoms with E-state index in [1.165, 1.54) is 0 Å². The van der Waals surface area contributed by atoms with Crippen molar-refractivity contribution in [2.45, 2.75) is 13.3 Å². The normalized spacial score (nSPS) is 9.83. The fourth-order valence-electron chi connectivity index (χ4n) is 0.987. The van der Waals surface area contributed by atoms with Crippen LogP contribution in [-0.4, -0.2) is 15.3 Å². The fraction of sp³-hybridized carbons (Fsp3) is 0.333. The molecule has 0 aliphatic heterocycles. The van der Waals surface area contributed by atoms with E-state index in [0.29, 0.717) is 12.2 Å². The van der Waals surface area contributed by atoms with Crippen LogP contribution >= 0.6 is 0 Å². The summed E-state index contributed by atoms with van der Waals surface area (Å²) in [7, 11) is 1.80. The van der Waals surface area contributed by atoms with Crippen LogP contribution < -0.4 is 0 Å². The molecular weight excluding hydrogens is 152 g/mol. The second-order valence-corrected chi connectivity index (χ2v) is 2.92. The molecule has 1 aromatic rings. The van der Waals surface area contributed by atoms with Gasteiger partial charge in [-0.3, -0.25) is 4.79 Å². The third-order valence-electron chi connectivity index (χ3n) is 1.53. The lowest BCUT2D eigenvalue weighted by atomic mass is 10.1. The van der Waals surface area contributed by atoms with Gasteiger partial charge >= 0.3 is 0 Å². The number of aromatic nitrogens is 2. The predicted molar refractivity (Wildman–Crippen MR) is 47.0 cm³/mol. The molecular formula is C9H12N2O. The number of allylic oxidation sites excluding steroid dienone is 1. The SMILES string of the molecule is C=C(C)CC(=O)c1nccn1C. The molecule has 0 aliphatic rings. The Bertz CT molecular complexity index is 312. The molecule has 0 unspecified atom stereocenters. The van der Waals surface area contributed by atoms with Gasteiger partial charge in [0.2, 0.25) is 5.78 Å². The van der Waals surface area contributed by atoms with E-state index in [1.807, 2.05) is 6.92 Å². The highest BCUT2D eigenvalue weighted by molar-refractivity contribution is 5.94. The van der Waals surface area contributed by atoms with Crippen molar-refractivity contribution in [3.05, 3.63) is 30.4 Å². The summed E-state index contributed by atoms with van der Waals surface area (Å²) in [6.07, 6.45) is 3.75. The maximum atomic E-state index is 11.4. The van der Waals surface area contributed by atoms with Crippen LogP contribution in [0.4, 0.5) is 0 Å². The molecule has 1 rings (SSSR count). The zero-order valence-corrected chi connectivity index (χ0v) is 7.37. The molecule has 0 bridgehead atoms. The van der Waals surface area contributed by atoms with E-state index in [9.17, 15) is 4.79 Å². The number of imidazole rings is 1. The lowest BCUT2D eigenvalue weighted by Gasteiger charge is -1.99. The average Bonchev–Trinajstić information content (AvgIpc) is 2.33. The maximum absolute atomic E-state index is 11.4. The number of nitrogens with zero attached hydrogens (tertiary/aromatic N) is 2. The molecule has 0 atom stereocenters. The third kappa shape index (κ3) is 1.81. The number of carbonyl (C=O) groups is 1. The summed E-state index contributed by atoms with van der Waals surface area (Å²) in [6.45, 7) is 5.51. The molecule has 1 aromatic heterocycles. The van der Waals surface area contributed by atoms with E-state index in [1.54, 1.807) is 24.0 Å². The largest absolute Gasteiger partial charge is 0.332 e. The Hall–Kier alpha value is -1.38. The Morgan fingerprint density at radius 1 is 1.75 bits per heavy atom. The van der Waals surface area contributed by atoms with E-state index in [-0.39, 0.29) is 5.78 Å². The minimum absolute atomic E-state index is 0.0231. The molecule has 64 valence electrons. The lowest BCUT2D eigenvalue weighted by Crippen LogP contribution is -2.07. The Balaban J connectivity index is 2.78. The molecule has 0 fully saturated rings. The van der Waals surface area contributed by atoms with Gasteiger partial charge in [0.1, 0.15) is 0 Å². The summed E-state index contributed by atoms with van der Waals surface area (Å²) in [5.41, 5.74) is 0.864. The highest BCUT2D eigenvalue weighted by Crippen LogP contribution is 2.04. The summed E-state index contributed by atoms with van der Waals surface area (Å²) < 4.78 is 1.71. The van der Waals surface area contributed by atoms with Gasteiger partial charge in [0.25, 0.3) is 0 Å². The first-order valence-corrected chi connectivity index (χ1v) is 3.76. The molecule has 0 aliphatic carbocycles. The van der Waals surface area contributed by atoms with E-state index < -0.39 is 0 Å². The summed E-state index contributed by atoms with van der Waals surface area (Å²) in [4.78, 5) is 15.3. The molecule has 0 saturated heterocycles. The summed E-state index contributed by atoms with van der Waals surface area (Å²) >= 11 is 0. The van der Waals surface area contributed by atoms with Gasteiger partial charge in [-0.15, -0.1) is 0 Å². The zero-order valence-electron chi connectivity index (χ0n) is 7.37. The summed E-state index contributed by atoms with van der Waals surface area (Å²) in [5.74, 6) is 0.521. The molecule has 3 heteroatoms. The molecule has 0 saturated carbocycles. The Kier molecular flexibility index (Phi) is 2.43. The smallest absolute Gasteiger partial charge is 0.202 e. The fourth-order valence-corrected chi connectivity index (χ4v) is 0.987. The van der Waals surface area contributed by atoms with Crippen LogP contribution in [-0.2, 0) is 7.05 Å². The molecule has 0 spiro atoms. The van der Waals surface area contributed by atoms with Crippen molar-refractivity contribution in [1.82, 2.24) is 9.55 Å². The van der Waals surface area contributed by atoms with E-state index >= 15 is 0 Å². The first-order chi connectivity index (χ1) is 5.61. The first-order valence-electron chi connectivity index (χ1n) is 3.76. The highest BCUT2D eigenvalue weighted by Gasteiger charge is 2.09. The second-order valence-electron chi connectivity index (χ2n) is 2.92. The molecule has 12 heavy (non-hydrogen) atoms. The van der Waals surface area contributed by atoms with Crippen LogP contribution in [0.3, 0.4) is 0 Å². The standard InChI is InChI=1S/C9H12N2O/c1-7(2)6-8(12)9-10-4-5-11(9)3/h4-5H,1,6H2,2-3H3. The second kappa shape index (κ2) is 3.34. The summed E-state index contributed by atoms with van der Waals surface area (Å²) in [6, 6.07) is 0. The van der Waals surface area contributed by atoms with Crippen molar-refractivity contribution in [2.24, 2.45) is 7.05 Å². The van der Waals surface area contributed by atoms with E-state index in [4.69, 9.17) is 0 Å². The van der Waals surface area contributed by atoms with Gasteiger partial charge in [-0.2, -0.15) is 0 Å². The maximum Gasteiger partial charge on any atom is 0.202 e. The number of aryl methyl sites for hydroxylation is 1. The molecule has 0 amide bonds. The Morgan fingerprint density at radius 2 is 2.42 bits per heavy atom. The topological polar surface area (TPSA) is 34.9 Å². The van der Waals surface area contributed by atoms with Gasteiger partial charge < -0.3 is 4.57 Å². The van der Waals surface area contributed by atoms with Gasteiger partial charge in [0, 0.05) is 25.9 Å². The number of Topliss-reactive ketones (excluding diaryl/α,β-unsaturated/α-hetero) is 1. The van der Waals surface area contributed by atoms with Crippen molar-refractivity contribution in [3.8, 4) is 0 Å². The quantitative estimate of drug-likeness (QED) is 0.502. The number of ketones is 1. The number of carbonyl (C=O) groups excluding carboxylic acids is 1. The molecule has 0 aromatic carbocycles. The van der Waals surface area contributed by atoms with Crippen LogP contribution in [0.15, 0.2) is 24.5 Å². The van der Waals surface area contributed by atoms with Crippen LogP contribution in [0.2, 0.25) is 0 Å². The van der Waals surface area contributed by atoms with Crippen molar-refractivity contribution >= 4 is 5.78 Å². The van der Waals surface area contributed by atoms with Gasteiger partial charge in [0.05, 0.1) is 0 Å². The number of hydrogen-bond donors (Lipinski definition) is 0. The van der Waals surface area contributed by atoms with Crippen LogP contribution in [0, 0.1) is 0 Å². The molecule has 1 heterocycles.